The van der Waals surface area contributed by atoms with Crippen LogP contribution in [0.5, 0.6) is 0 Å². The third kappa shape index (κ3) is 4.64. The minimum absolute atomic E-state index is 0.0209. The molecule has 2 atom stereocenters. The van der Waals surface area contributed by atoms with Crippen LogP contribution in [0, 0.1) is 0 Å². The first-order valence-corrected chi connectivity index (χ1v) is 6.73. The van der Waals surface area contributed by atoms with Crippen molar-refractivity contribution in [2.45, 2.75) is 58.7 Å². The zero-order valence-corrected chi connectivity index (χ0v) is 11.5. The number of hydrogen-bond acceptors (Lipinski definition) is 4. The van der Waals surface area contributed by atoms with Gasteiger partial charge in [-0.1, -0.05) is 13.8 Å². The Kier molecular flexibility index (Phi) is 5.92. The quantitative estimate of drug-likeness (QED) is 0.740. The van der Waals surface area contributed by atoms with Crippen LogP contribution in [0.2, 0.25) is 0 Å². The van der Waals surface area contributed by atoms with Crippen LogP contribution in [0.15, 0.2) is 0 Å². The number of carbonyl (C=O) groups is 1. The summed E-state index contributed by atoms with van der Waals surface area (Å²) in [5.74, 6) is -0.102. The highest BCUT2D eigenvalue weighted by Crippen LogP contribution is 2.12. The fourth-order valence-corrected chi connectivity index (χ4v) is 2.26. The Morgan fingerprint density at radius 3 is 2.65 bits per heavy atom. The molecule has 4 nitrogen and oxygen atoms in total. The van der Waals surface area contributed by atoms with Crippen molar-refractivity contribution in [1.82, 2.24) is 10.2 Å². The molecule has 1 fully saturated rings. The minimum atomic E-state index is -0.102. The van der Waals surface area contributed by atoms with Crippen LogP contribution >= 0.6 is 0 Å². The second-order valence-electron chi connectivity index (χ2n) is 5.04. The summed E-state index contributed by atoms with van der Waals surface area (Å²) in [6.45, 7) is 10.5. The second-order valence-corrected chi connectivity index (χ2v) is 5.04. The molecular weight excluding hydrogens is 216 g/mol. The fourth-order valence-electron chi connectivity index (χ4n) is 2.26. The minimum Gasteiger partial charge on any atom is -0.462 e. The van der Waals surface area contributed by atoms with Crippen LogP contribution in [-0.2, 0) is 9.53 Å². The zero-order valence-electron chi connectivity index (χ0n) is 11.5. The van der Waals surface area contributed by atoms with Crippen molar-refractivity contribution >= 4 is 5.97 Å². The molecule has 0 amide bonds. The highest BCUT2D eigenvalue weighted by Gasteiger charge is 2.27. The maximum Gasteiger partial charge on any atom is 0.320 e. The predicted octanol–water partition coefficient (Wildman–Crippen LogP) is 1.40. The molecule has 0 spiro atoms. The summed E-state index contributed by atoms with van der Waals surface area (Å²) < 4.78 is 5.21. The lowest BCUT2D eigenvalue weighted by molar-refractivity contribution is -0.149. The molecule has 1 aliphatic heterocycles. The average molecular weight is 242 g/mol. The second kappa shape index (κ2) is 6.97. The van der Waals surface area contributed by atoms with Gasteiger partial charge in [0.15, 0.2) is 0 Å². The van der Waals surface area contributed by atoms with Gasteiger partial charge in [0, 0.05) is 25.2 Å². The summed E-state index contributed by atoms with van der Waals surface area (Å²) in [6.07, 6.45) is 2.15. The molecule has 17 heavy (non-hydrogen) atoms. The van der Waals surface area contributed by atoms with E-state index in [1.165, 1.54) is 0 Å². The lowest BCUT2D eigenvalue weighted by atomic mass is 10.1. The number of nitrogens with zero attached hydrogens (tertiary/aromatic N) is 1. The van der Waals surface area contributed by atoms with E-state index in [1.807, 2.05) is 13.8 Å². The maximum absolute atomic E-state index is 11.7. The van der Waals surface area contributed by atoms with Crippen molar-refractivity contribution in [3.63, 3.8) is 0 Å². The third-order valence-electron chi connectivity index (χ3n) is 3.28. The van der Waals surface area contributed by atoms with Crippen LogP contribution < -0.4 is 5.32 Å². The van der Waals surface area contributed by atoms with Crippen LogP contribution in [-0.4, -0.2) is 48.7 Å². The Labute approximate surface area is 105 Å². The van der Waals surface area contributed by atoms with Gasteiger partial charge in [0.25, 0.3) is 0 Å². The Morgan fingerprint density at radius 1 is 1.41 bits per heavy atom. The standard InChI is InChI=1S/C13H26N2O2/c1-5-11-8-15(12(6-2)7-14-11)9-13(16)17-10(3)4/h10-12,14H,5-9H2,1-4H3. The smallest absolute Gasteiger partial charge is 0.320 e. The number of nitrogens with one attached hydrogen (secondary N) is 1. The molecular formula is C13H26N2O2. The van der Waals surface area contributed by atoms with E-state index >= 15 is 0 Å². The lowest BCUT2D eigenvalue weighted by Gasteiger charge is -2.39. The van der Waals surface area contributed by atoms with Gasteiger partial charge in [0.2, 0.25) is 0 Å². The van der Waals surface area contributed by atoms with Gasteiger partial charge >= 0.3 is 5.97 Å². The monoisotopic (exact) mass is 242 g/mol. The molecule has 1 rings (SSSR count). The molecule has 100 valence electrons. The van der Waals surface area contributed by atoms with Crippen LogP contribution in [0.25, 0.3) is 0 Å². The summed E-state index contributed by atoms with van der Waals surface area (Å²) >= 11 is 0. The normalized spacial score (nSPS) is 26.2. The largest absolute Gasteiger partial charge is 0.462 e. The van der Waals surface area contributed by atoms with Gasteiger partial charge in [-0.2, -0.15) is 0 Å². The average Bonchev–Trinajstić information content (AvgIpc) is 2.27. The van der Waals surface area contributed by atoms with Crippen molar-refractivity contribution in [2.75, 3.05) is 19.6 Å². The van der Waals surface area contributed by atoms with Gasteiger partial charge in [-0.15, -0.1) is 0 Å². The third-order valence-corrected chi connectivity index (χ3v) is 3.28. The van der Waals surface area contributed by atoms with E-state index in [4.69, 9.17) is 4.74 Å². The SMILES string of the molecule is CCC1CN(CC(=O)OC(C)C)C(CC)CN1. The molecule has 0 aromatic carbocycles. The van der Waals surface area contributed by atoms with E-state index in [9.17, 15) is 4.79 Å². The molecule has 1 N–H and O–H groups in total. The molecule has 0 radical (unpaired) electrons. The molecule has 2 unspecified atom stereocenters. The van der Waals surface area contributed by atoms with Gasteiger partial charge < -0.3 is 10.1 Å². The first-order valence-electron chi connectivity index (χ1n) is 6.73. The van der Waals surface area contributed by atoms with Gasteiger partial charge in [-0.3, -0.25) is 9.69 Å². The van der Waals surface area contributed by atoms with Gasteiger partial charge in [-0.05, 0) is 26.7 Å². The first kappa shape index (κ1) is 14.5. The summed E-state index contributed by atoms with van der Waals surface area (Å²) in [4.78, 5) is 14.0. The number of carbonyl (C=O) groups excluding carboxylic acids is 1. The Hall–Kier alpha value is -0.610. The summed E-state index contributed by atoms with van der Waals surface area (Å²) in [5.41, 5.74) is 0. The van der Waals surface area contributed by atoms with Crippen LogP contribution in [0.1, 0.15) is 40.5 Å². The number of rotatable bonds is 5. The van der Waals surface area contributed by atoms with Crippen molar-refractivity contribution in [2.24, 2.45) is 0 Å². The Balaban J connectivity index is 2.49. The Bertz CT molecular complexity index is 244. The van der Waals surface area contributed by atoms with Crippen molar-refractivity contribution in [1.29, 1.82) is 0 Å². The van der Waals surface area contributed by atoms with Crippen LogP contribution in [0.3, 0.4) is 0 Å². The van der Waals surface area contributed by atoms with E-state index in [0.717, 1.165) is 25.9 Å². The van der Waals surface area contributed by atoms with E-state index in [2.05, 4.69) is 24.1 Å². The number of esters is 1. The van der Waals surface area contributed by atoms with Gasteiger partial charge in [0.05, 0.1) is 12.6 Å². The molecule has 0 aliphatic carbocycles. The lowest BCUT2D eigenvalue weighted by Crippen LogP contribution is -2.57. The molecule has 0 saturated carbocycles. The topological polar surface area (TPSA) is 41.6 Å². The van der Waals surface area contributed by atoms with Crippen molar-refractivity contribution in [3.8, 4) is 0 Å². The number of piperazine rings is 1. The van der Waals surface area contributed by atoms with E-state index in [-0.39, 0.29) is 12.1 Å². The first-order chi connectivity index (χ1) is 8.06. The van der Waals surface area contributed by atoms with Crippen LogP contribution in [0.4, 0.5) is 0 Å². The van der Waals surface area contributed by atoms with Crippen molar-refractivity contribution < 1.29 is 9.53 Å². The zero-order chi connectivity index (χ0) is 12.8. The summed E-state index contributed by atoms with van der Waals surface area (Å²) in [6, 6.07) is 0.960. The van der Waals surface area contributed by atoms with E-state index in [0.29, 0.717) is 18.6 Å². The highest BCUT2D eigenvalue weighted by molar-refractivity contribution is 5.71. The molecule has 0 aromatic rings. The summed E-state index contributed by atoms with van der Waals surface area (Å²) in [5, 5.41) is 3.52. The molecule has 1 aliphatic rings. The fraction of sp³-hybridized carbons (Fsp3) is 0.923. The Morgan fingerprint density at radius 2 is 2.12 bits per heavy atom. The van der Waals surface area contributed by atoms with E-state index in [1.54, 1.807) is 0 Å². The highest BCUT2D eigenvalue weighted by atomic mass is 16.5. The summed E-state index contributed by atoms with van der Waals surface area (Å²) in [7, 11) is 0. The molecule has 0 aromatic heterocycles. The predicted molar refractivity (Wildman–Crippen MR) is 69.0 cm³/mol. The van der Waals surface area contributed by atoms with E-state index < -0.39 is 0 Å². The molecule has 1 saturated heterocycles. The van der Waals surface area contributed by atoms with Crippen molar-refractivity contribution in [3.05, 3.63) is 0 Å². The van der Waals surface area contributed by atoms with Gasteiger partial charge in [-0.25, -0.2) is 0 Å². The number of hydrogen-bond donors (Lipinski definition) is 1. The molecule has 4 heteroatoms. The number of ether oxygens (including phenoxy) is 1. The molecule has 0 bridgehead atoms. The molecule has 1 heterocycles. The maximum atomic E-state index is 11.7. The van der Waals surface area contributed by atoms with Gasteiger partial charge in [0.1, 0.15) is 0 Å².